The van der Waals surface area contributed by atoms with Crippen LogP contribution in [0.15, 0.2) is 0 Å². The van der Waals surface area contributed by atoms with Crippen LogP contribution in [0.5, 0.6) is 0 Å². The van der Waals surface area contributed by atoms with Gasteiger partial charge in [0.05, 0.1) is 6.61 Å². The van der Waals surface area contributed by atoms with E-state index in [1.165, 1.54) is 7.11 Å². The summed E-state index contributed by atoms with van der Waals surface area (Å²) in [5, 5.41) is 0. The van der Waals surface area contributed by atoms with Crippen LogP contribution in [-0.4, -0.2) is 44.8 Å². The molecule has 0 radical (unpaired) electrons. The molecule has 82 valence electrons. The molecule has 14 heavy (non-hydrogen) atoms. The number of carbonyl (C=O) groups is 1. The van der Waals surface area contributed by atoms with Gasteiger partial charge in [0.25, 0.3) is 0 Å². The molecule has 0 aromatic carbocycles. The Balaban J connectivity index is 2.42. The molecule has 0 bridgehead atoms. The average molecular weight is 204 g/mol. The molecule has 1 heterocycles. The predicted octanol–water partition coefficient (Wildman–Crippen LogP) is 0.326. The first-order valence-electron chi connectivity index (χ1n) is 4.46. The van der Waals surface area contributed by atoms with E-state index in [1.54, 1.807) is 13.8 Å². The number of hydrogen-bond donors (Lipinski definition) is 0. The van der Waals surface area contributed by atoms with E-state index in [2.05, 4.69) is 0 Å². The Morgan fingerprint density at radius 1 is 1.64 bits per heavy atom. The monoisotopic (exact) mass is 204 g/mol. The zero-order valence-electron chi connectivity index (χ0n) is 8.69. The largest absolute Gasteiger partial charge is 0.359 e. The fourth-order valence-corrected chi connectivity index (χ4v) is 1.26. The SMILES string of the molecule is COCO[C@@H](C=O)[C@@H]1COC(C)(C)O1. The van der Waals surface area contributed by atoms with Gasteiger partial charge >= 0.3 is 0 Å². The van der Waals surface area contributed by atoms with Crippen LogP contribution in [0.25, 0.3) is 0 Å². The van der Waals surface area contributed by atoms with E-state index < -0.39 is 11.9 Å². The van der Waals surface area contributed by atoms with Gasteiger partial charge in [0.1, 0.15) is 19.0 Å². The molecule has 0 spiro atoms. The van der Waals surface area contributed by atoms with Crippen LogP contribution < -0.4 is 0 Å². The van der Waals surface area contributed by atoms with E-state index in [9.17, 15) is 4.79 Å². The molecular weight excluding hydrogens is 188 g/mol. The summed E-state index contributed by atoms with van der Waals surface area (Å²) in [4.78, 5) is 10.7. The Morgan fingerprint density at radius 2 is 2.36 bits per heavy atom. The molecule has 0 amide bonds. The Bertz CT molecular complexity index is 192. The van der Waals surface area contributed by atoms with Gasteiger partial charge in [-0.15, -0.1) is 0 Å². The smallest absolute Gasteiger partial charge is 0.163 e. The maximum absolute atomic E-state index is 10.7. The van der Waals surface area contributed by atoms with Gasteiger partial charge in [-0.05, 0) is 13.8 Å². The van der Waals surface area contributed by atoms with Crippen molar-refractivity contribution in [2.75, 3.05) is 20.5 Å². The van der Waals surface area contributed by atoms with E-state index in [4.69, 9.17) is 18.9 Å². The lowest BCUT2D eigenvalue weighted by Crippen LogP contribution is -2.34. The van der Waals surface area contributed by atoms with E-state index >= 15 is 0 Å². The fraction of sp³-hybridized carbons (Fsp3) is 0.889. The lowest BCUT2D eigenvalue weighted by Gasteiger charge is -2.20. The molecule has 1 saturated heterocycles. The van der Waals surface area contributed by atoms with Crippen molar-refractivity contribution in [3.05, 3.63) is 0 Å². The molecule has 5 heteroatoms. The maximum atomic E-state index is 10.7. The summed E-state index contributed by atoms with van der Waals surface area (Å²) in [6.07, 6.45) is -0.275. The second-order valence-corrected chi connectivity index (χ2v) is 3.54. The zero-order valence-corrected chi connectivity index (χ0v) is 8.69. The second kappa shape index (κ2) is 4.84. The Kier molecular flexibility index (Phi) is 4.00. The molecule has 0 N–H and O–H groups in total. The maximum Gasteiger partial charge on any atom is 0.163 e. The molecule has 0 aromatic rings. The lowest BCUT2D eigenvalue weighted by molar-refractivity contribution is -0.169. The molecule has 0 unspecified atom stereocenters. The van der Waals surface area contributed by atoms with Crippen molar-refractivity contribution in [2.24, 2.45) is 0 Å². The van der Waals surface area contributed by atoms with Gasteiger partial charge in [-0.2, -0.15) is 0 Å². The molecule has 1 rings (SSSR count). The van der Waals surface area contributed by atoms with Gasteiger partial charge in [-0.3, -0.25) is 0 Å². The molecule has 1 aliphatic rings. The van der Waals surface area contributed by atoms with Crippen LogP contribution in [0, 0.1) is 0 Å². The van der Waals surface area contributed by atoms with Crippen LogP contribution in [0.2, 0.25) is 0 Å². The molecule has 1 aliphatic heterocycles. The highest BCUT2D eigenvalue weighted by Crippen LogP contribution is 2.24. The van der Waals surface area contributed by atoms with Gasteiger partial charge in [-0.1, -0.05) is 0 Å². The quantitative estimate of drug-likeness (QED) is 0.477. The van der Waals surface area contributed by atoms with Crippen molar-refractivity contribution in [3.63, 3.8) is 0 Å². The van der Waals surface area contributed by atoms with Crippen LogP contribution in [0.1, 0.15) is 13.8 Å². The number of carbonyl (C=O) groups excluding carboxylic acids is 1. The second-order valence-electron chi connectivity index (χ2n) is 3.54. The van der Waals surface area contributed by atoms with E-state index in [0.29, 0.717) is 12.9 Å². The van der Waals surface area contributed by atoms with Crippen molar-refractivity contribution >= 4 is 6.29 Å². The third-order valence-corrected chi connectivity index (χ3v) is 1.91. The molecular formula is C9H16O5. The van der Waals surface area contributed by atoms with Gasteiger partial charge < -0.3 is 23.7 Å². The van der Waals surface area contributed by atoms with Gasteiger partial charge in [-0.25, -0.2) is 0 Å². The minimum atomic E-state index is -0.637. The summed E-state index contributed by atoms with van der Waals surface area (Å²) in [5.74, 6) is -0.637. The van der Waals surface area contributed by atoms with Gasteiger partial charge in [0, 0.05) is 7.11 Å². The van der Waals surface area contributed by atoms with E-state index in [-0.39, 0.29) is 12.9 Å². The van der Waals surface area contributed by atoms with Crippen LogP contribution in [0.3, 0.4) is 0 Å². The zero-order chi connectivity index (χ0) is 10.6. The summed E-state index contributed by atoms with van der Waals surface area (Å²) in [7, 11) is 1.50. The van der Waals surface area contributed by atoms with Crippen molar-refractivity contribution in [2.45, 2.75) is 31.8 Å². The molecule has 1 fully saturated rings. The van der Waals surface area contributed by atoms with Crippen LogP contribution >= 0.6 is 0 Å². The summed E-state index contributed by atoms with van der Waals surface area (Å²) in [6.45, 7) is 4.03. The molecule has 0 aromatic heterocycles. The third-order valence-electron chi connectivity index (χ3n) is 1.91. The minimum absolute atomic E-state index is 0.0731. The molecule has 5 nitrogen and oxygen atoms in total. The van der Waals surface area contributed by atoms with Crippen molar-refractivity contribution in [3.8, 4) is 0 Å². The average Bonchev–Trinajstić information content (AvgIpc) is 2.48. The highest BCUT2D eigenvalue weighted by atomic mass is 16.8. The van der Waals surface area contributed by atoms with Gasteiger partial charge in [0.15, 0.2) is 12.1 Å². The number of methoxy groups -OCH3 is 1. The first kappa shape index (κ1) is 11.6. The number of hydrogen-bond acceptors (Lipinski definition) is 5. The highest BCUT2D eigenvalue weighted by molar-refractivity contribution is 5.57. The lowest BCUT2D eigenvalue weighted by atomic mass is 10.2. The number of rotatable bonds is 5. The first-order chi connectivity index (χ1) is 6.59. The molecule has 0 aliphatic carbocycles. The summed E-state index contributed by atoms with van der Waals surface area (Å²) < 4.78 is 20.6. The standard InChI is InChI=1S/C9H16O5/c1-9(2)13-5-8(14-9)7(4-10)12-6-11-3/h4,7-8H,5-6H2,1-3H3/t7-,8-/m0/s1. The van der Waals surface area contributed by atoms with Crippen molar-refractivity contribution in [1.82, 2.24) is 0 Å². The number of aldehydes is 1. The summed E-state index contributed by atoms with van der Waals surface area (Å²) >= 11 is 0. The highest BCUT2D eigenvalue weighted by Gasteiger charge is 2.37. The van der Waals surface area contributed by atoms with Crippen LogP contribution in [-0.2, 0) is 23.7 Å². The van der Waals surface area contributed by atoms with E-state index in [0.717, 1.165) is 0 Å². The van der Waals surface area contributed by atoms with Crippen molar-refractivity contribution in [1.29, 1.82) is 0 Å². The third kappa shape index (κ3) is 3.02. The first-order valence-corrected chi connectivity index (χ1v) is 4.46. The van der Waals surface area contributed by atoms with E-state index in [1.807, 2.05) is 0 Å². The van der Waals surface area contributed by atoms with Gasteiger partial charge in [0.2, 0.25) is 0 Å². The predicted molar refractivity (Wildman–Crippen MR) is 47.7 cm³/mol. The normalized spacial score (nSPS) is 27.5. The minimum Gasteiger partial charge on any atom is -0.359 e. The molecule has 2 atom stereocenters. The summed E-state index contributed by atoms with van der Waals surface area (Å²) in [5.41, 5.74) is 0. The Hall–Kier alpha value is -0.490. The Morgan fingerprint density at radius 3 is 2.79 bits per heavy atom. The van der Waals surface area contributed by atoms with Crippen LogP contribution in [0.4, 0.5) is 0 Å². The molecule has 0 saturated carbocycles. The number of ether oxygens (including phenoxy) is 4. The fourth-order valence-electron chi connectivity index (χ4n) is 1.26. The summed E-state index contributed by atoms with van der Waals surface area (Å²) in [6, 6.07) is 0. The topological polar surface area (TPSA) is 54.0 Å². The van der Waals surface area contributed by atoms with Crippen molar-refractivity contribution < 1.29 is 23.7 Å². The Labute approximate surface area is 83.3 Å².